The first-order chi connectivity index (χ1) is 7.51. The fourth-order valence-electron chi connectivity index (χ4n) is 1.16. The largest absolute Gasteiger partial charge is 0.495 e. The summed E-state index contributed by atoms with van der Waals surface area (Å²) in [4.78, 5) is 14.3. The average molecular weight is 296 g/mol. The number of nitrogens with zero attached hydrogens (tertiary/aromatic N) is 1. The Morgan fingerprint density at radius 1 is 1.69 bits per heavy atom. The summed E-state index contributed by atoms with van der Waals surface area (Å²) < 4.78 is 30.0. The second kappa shape index (κ2) is 5.20. The summed E-state index contributed by atoms with van der Waals surface area (Å²) in [5.41, 5.74) is -1.05. The molecule has 88 valence electrons. The number of aromatic nitrogens is 1. The number of rotatable bonds is 4. The first-order valence-corrected chi connectivity index (χ1v) is 5.28. The maximum atomic E-state index is 12.6. The van der Waals surface area contributed by atoms with Crippen LogP contribution < -0.4 is 4.74 Å². The highest BCUT2D eigenvalue weighted by Crippen LogP contribution is 2.28. The van der Waals surface area contributed by atoms with Crippen LogP contribution in [-0.4, -0.2) is 23.2 Å². The Labute approximate surface area is 98.4 Å². The van der Waals surface area contributed by atoms with Crippen LogP contribution in [0, 0.1) is 0 Å². The lowest BCUT2D eigenvalue weighted by Crippen LogP contribution is -2.08. The van der Waals surface area contributed by atoms with Crippen molar-refractivity contribution in [2.24, 2.45) is 0 Å². The Bertz CT molecular complexity index is 412. The Morgan fingerprint density at radius 3 is 2.69 bits per heavy atom. The molecule has 0 aliphatic carbocycles. The SMILES string of the molecule is COc1cc(C(=O)O)c(C(F)F)nc1CBr. The normalized spacial score (nSPS) is 10.6. The Balaban J connectivity index is 3.41. The summed E-state index contributed by atoms with van der Waals surface area (Å²) in [6.45, 7) is 0. The molecular weight excluding hydrogens is 288 g/mol. The first-order valence-electron chi connectivity index (χ1n) is 4.16. The van der Waals surface area contributed by atoms with Crippen LogP contribution in [0.3, 0.4) is 0 Å². The Hall–Kier alpha value is -1.24. The van der Waals surface area contributed by atoms with Gasteiger partial charge in [-0.2, -0.15) is 0 Å². The van der Waals surface area contributed by atoms with Crippen LogP contribution in [0.1, 0.15) is 28.2 Å². The number of hydrogen-bond donors (Lipinski definition) is 1. The molecule has 7 heteroatoms. The van der Waals surface area contributed by atoms with Gasteiger partial charge in [-0.3, -0.25) is 0 Å². The van der Waals surface area contributed by atoms with Gasteiger partial charge >= 0.3 is 5.97 Å². The molecule has 1 N–H and O–H groups in total. The first kappa shape index (κ1) is 12.8. The van der Waals surface area contributed by atoms with Gasteiger partial charge in [0.05, 0.1) is 18.4 Å². The highest BCUT2D eigenvalue weighted by Gasteiger charge is 2.22. The van der Waals surface area contributed by atoms with Crippen molar-refractivity contribution < 1.29 is 23.4 Å². The van der Waals surface area contributed by atoms with E-state index in [1.165, 1.54) is 7.11 Å². The fraction of sp³-hybridized carbons (Fsp3) is 0.333. The fourth-order valence-corrected chi connectivity index (χ4v) is 1.56. The van der Waals surface area contributed by atoms with Gasteiger partial charge in [-0.25, -0.2) is 18.6 Å². The van der Waals surface area contributed by atoms with Crippen LogP contribution in [-0.2, 0) is 5.33 Å². The van der Waals surface area contributed by atoms with Crippen molar-refractivity contribution in [3.8, 4) is 5.75 Å². The van der Waals surface area contributed by atoms with Crippen molar-refractivity contribution in [3.63, 3.8) is 0 Å². The molecule has 0 unspecified atom stereocenters. The van der Waals surface area contributed by atoms with Gasteiger partial charge in [0, 0.05) is 5.33 Å². The Kier molecular flexibility index (Phi) is 4.17. The van der Waals surface area contributed by atoms with Crippen LogP contribution in [0.15, 0.2) is 6.07 Å². The summed E-state index contributed by atoms with van der Waals surface area (Å²) in [6.07, 6.45) is -2.94. The van der Waals surface area contributed by atoms with E-state index in [2.05, 4.69) is 20.9 Å². The van der Waals surface area contributed by atoms with Gasteiger partial charge in [-0.1, -0.05) is 15.9 Å². The average Bonchev–Trinajstić information content (AvgIpc) is 2.26. The monoisotopic (exact) mass is 295 g/mol. The standard InChI is InChI=1S/C9H8BrF2NO3/c1-16-6-2-4(9(14)15)7(8(11)12)13-5(6)3-10/h2,8H,3H2,1H3,(H,14,15). The number of methoxy groups -OCH3 is 1. The van der Waals surface area contributed by atoms with E-state index in [0.717, 1.165) is 6.07 Å². The second-order valence-corrected chi connectivity index (χ2v) is 3.37. The molecule has 1 aromatic rings. The lowest BCUT2D eigenvalue weighted by molar-refractivity contribution is 0.0681. The third-order valence-electron chi connectivity index (χ3n) is 1.87. The molecule has 0 aliphatic heterocycles. The van der Waals surface area contributed by atoms with Crippen LogP contribution in [0.25, 0.3) is 0 Å². The number of aromatic carboxylic acids is 1. The minimum Gasteiger partial charge on any atom is -0.495 e. The van der Waals surface area contributed by atoms with E-state index in [4.69, 9.17) is 9.84 Å². The molecule has 1 aromatic heterocycles. The molecular formula is C9H8BrF2NO3. The third-order valence-corrected chi connectivity index (χ3v) is 2.41. The minimum absolute atomic E-state index is 0.165. The van der Waals surface area contributed by atoms with Crippen LogP contribution >= 0.6 is 15.9 Å². The van der Waals surface area contributed by atoms with Gasteiger partial charge in [0.15, 0.2) is 0 Å². The number of ether oxygens (including phenoxy) is 1. The van der Waals surface area contributed by atoms with Crippen LogP contribution in [0.4, 0.5) is 8.78 Å². The van der Waals surface area contributed by atoms with E-state index in [1.807, 2.05) is 0 Å². The highest BCUT2D eigenvalue weighted by molar-refractivity contribution is 9.08. The van der Waals surface area contributed by atoms with Crippen molar-refractivity contribution >= 4 is 21.9 Å². The molecule has 0 radical (unpaired) electrons. The molecule has 1 rings (SSSR count). The molecule has 0 aromatic carbocycles. The van der Waals surface area contributed by atoms with Gasteiger partial charge in [0.2, 0.25) is 0 Å². The van der Waals surface area contributed by atoms with Crippen molar-refractivity contribution in [3.05, 3.63) is 23.0 Å². The van der Waals surface area contributed by atoms with E-state index in [9.17, 15) is 13.6 Å². The zero-order valence-electron chi connectivity index (χ0n) is 8.21. The molecule has 16 heavy (non-hydrogen) atoms. The van der Waals surface area contributed by atoms with Crippen molar-refractivity contribution in [2.45, 2.75) is 11.8 Å². The van der Waals surface area contributed by atoms with Gasteiger partial charge in [0.25, 0.3) is 6.43 Å². The number of halogens is 3. The number of hydrogen-bond acceptors (Lipinski definition) is 3. The van der Waals surface area contributed by atoms with Gasteiger partial charge in [-0.15, -0.1) is 0 Å². The lowest BCUT2D eigenvalue weighted by Gasteiger charge is -2.10. The molecule has 0 spiro atoms. The lowest BCUT2D eigenvalue weighted by atomic mass is 10.1. The molecule has 0 atom stereocenters. The van der Waals surface area contributed by atoms with Crippen molar-refractivity contribution in [2.75, 3.05) is 7.11 Å². The van der Waals surface area contributed by atoms with E-state index >= 15 is 0 Å². The molecule has 0 amide bonds. The number of pyridine rings is 1. The maximum Gasteiger partial charge on any atom is 0.337 e. The summed E-state index contributed by atoms with van der Waals surface area (Å²) in [6, 6.07) is 1.05. The molecule has 0 fully saturated rings. The topological polar surface area (TPSA) is 59.4 Å². The summed E-state index contributed by atoms with van der Waals surface area (Å²) in [5.74, 6) is -1.29. The van der Waals surface area contributed by atoms with E-state index in [1.54, 1.807) is 0 Å². The van der Waals surface area contributed by atoms with E-state index in [-0.39, 0.29) is 16.8 Å². The maximum absolute atomic E-state index is 12.6. The highest BCUT2D eigenvalue weighted by atomic mass is 79.9. The van der Waals surface area contributed by atoms with Crippen molar-refractivity contribution in [1.29, 1.82) is 0 Å². The number of carboxylic acids is 1. The van der Waals surface area contributed by atoms with Crippen LogP contribution in [0.5, 0.6) is 5.75 Å². The quantitative estimate of drug-likeness (QED) is 0.868. The molecule has 1 heterocycles. The predicted octanol–water partition coefficient (Wildman–Crippen LogP) is 2.62. The smallest absolute Gasteiger partial charge is 0.337 e. The van der Waals surface area contributed by atoms with Crippen LogP contribution in [0.2, 0.25) is 0 Å². The van der Waals surface area contributed by atoms with Gasteiger partial charge < -0.3 is 9.84 Å². The second-order valence-electron chi connectivity index (χ2n) is 2.81. The predicted molar refractivity (Wildman–Crippen MR) is 55.3 cm³/mol. The zero-order valence-corrected chi connectivity index (χ0v) is 9.79. The molecule has 0 bridgehead atoms. The van der Waals surface area contributed by atoms with Crippen molar-refractivity contribution in [1.82, 2.24) is 4.98 Å². The summed E-state index contributed by atoms with van der Waals surface area (Å²) >= 11 is 3.06. The summed E-state index contributed by atoms with van der Waals surface area (Å²) in [5, 5.41) is 8.96. The molecule has 4 nitrogen and oxygen atoms in total. The van der Waals surface area contributed by atoms with Gasteiger partial charge in [-0.05, 0) is 6.07 Å². The van der Waals surface area contributed by atoms with E-state index in [0.29, 0.717) is 0 Å². The Morgan fingerprint density at radius 2 is 2.31 bits per heavy atom. The zero-order chi connectivity index (χ0) is 12.3. The molecule has 0 saturated carbocycles. The molecule has 0 aliphatic rings. The number of alkyl halides is 3. The number of carboxylic acid groups (broad SMARTS) is 1. The van der Waals surface area contributed by atoms with Gasteiger partial charge in [0.1, 0.15) is 11.4 Å². The number of carbonyl (C=O) groups is 1. The molecule has 0 saturated heterocycles. The summed E-state index contributed by atoms with van der Waals surface area (Å²) in [7, 11) is 1.32. The third kappa shape index (κ3) is 2.46. The minimum atomic E-state index is -2.94. The van der Waals surface area contributed by atoms with E-state index < -0.39 is 23.7 Å².